The number of hydrogen-bond acceptors (Lipinski definition) is 3. The second-order valence-corrected chi connectivity index (χ2v) is 7.46. The fourth-order valence-electron chi connectivity index (χ4n) is 3.83. The van der Waals surface area contributed by atoms with Crippen molar-refractivity contribution < 1.29 is 14.6 Å². The highest BCUT2D eigenvalue weighted by atomic mass is 16.5. The van der Waals surface area contributed by atoms with Gasteiger partial charge in [-0.25, -0.2) is 4.79 Å². The van der Waals surface area contributed by atoms with Gasteiger partial charge in [0, 0.05) is 12.0 Å². The summed E-state index contributed by atoms with van der Waals surface area (Å²) in [5, 5.41) is 10.2. The van der Waals surface area contributed by atoms with E-state index in [2.05, 4.69) is 30.8 Å². The molecule has 1 N–H and O–H groups in total. The summed E-state index contributed by atoms with van der Waals surface area (Å²) in [6.45, 7) is 11.2. The van der Waals surface area contributed by atoms with Crippen molar-refractivity contribution in [1.29, 1.82) is 0 Å². The van der Waals surface area contributed by atoms with Crippen LogP contribution in [0.1, 0.15) is 44.9 Å². The topological polar surface area (TPSA) is 46.5 Å². The molecule has 0 aliphatic rings. The molecule has 1 atom stereocenters. The van der Waals surface area contributed by atoms with Crippen LogP contribution in [-0.2, 0) is 4.79 Å². The van der Waals surface area contributed by atoms with Crippen molar-refractivity contribution in [3.63, 3.8) is 0 Å². The van der Waals surface area contributed by atoms with Crippen LogP contribution in [-0.4, -0.2) is 11.1 Å². The van der Waals surface area contributed by atoms with Crippen molar-refractivity contribution >= 4 is 5.97 Å². The highest BCUT2D eigenvalue weighted by molar-refractivity contribution is 5.83. The zero-order chi connectivity index (χ0) is 21.1. The van der Waals surface area contributed by atoms with Crippen LogP contribution in [0.15, 0.2) is 67.3 Å². The van der Waals surface area contributed by atoms with Crippen molar-refractivity contribution in [1.82, 2.24) is 0 Å². The van der Waals surface area contributed by atoms with E-state index in [1.807, 2.05) is 58.0 Å². The predicted octanol–water partition coefficient (Wildman–Crippen LogP) is 5.90. The first kappa shape index (κ1) is 20.4. The number of aromatic hydroxyl groups is 1. The molecule has 0 bridgehead atoms. The molecule has 0 spiro atoms. The molecule has 3 nitrogen and oxygen atoms in total. The zero-order valence-corrected chi connectivity index (χ0v) is 17.3. The van der Waals surface area contributed by atoms with Gasteiger partial charge in [0.05, 0.1) is 0 Å². The lowest BCUT2D eigenvalue weighted by atomic mass is 9.82. The average Bonchev–Trinajstić information content (AvgIpc) is 2.69. The lowest BCUT2D eigenvalue weighted by Crippen LogP contribution is -2.09. The van der Waals surface area contributed by atoms with Crippen LogP contribution >= 0.6 is 0 Å². The lowest BCUT2D eigenvalue weighted by Gasteiger charge is -2.22. The minimum atomic E-state index is -0.464. The Morgan fingerprint density at radius 2 is 1.34 bits per heavy atom. The smallest absolute Gasteiger partial charge is 0.335 e. The molecule has 0 fully saturated rings. The van der Waals surface area contributed by atoms with E-state index in [1.165, 1.54) is 6.08 Å². The van der Waals surface area contributed by atoms with Gasteiger partial charge in [-0.15, -0.1) is 0 Å². The Balaban J connectivity index is 2.18. The van der Waals surface area contributed by atoms with E-state index in [-0.39, 0.29) is 5.92 Å². The van der Waals surface area contributed by atoms with Gasteiger partial charge in [0.25, 0.3) is 0 Å². The third-order valence-electron chi connectivity index (χ3n) is 5.16. The Bertz CT molecular complexity index is 1020. The Kier molecular flexibility index (Phi) is 5.88. The number of benzene rings is 3. The van der Waals surface area contributed by atoms with Gasteiger partial charge in [-0.3, -0.25) is 0 Å². The van der Waals surface area contributed by atoms with Crippen molar-refractivity contribution in [3.8, 4) is 11.5 Å². The molecule has 0 saturated heterocycles. The summed E-state index contributed by atoms with van der Waals surface area (Å²) in [5.74, 6) is 0.437. The molecule has 0 aliphatic carbocycles. The molecule has 3 rings (SSSR count). The highest BCUT2D eigenvalue weighted by Crippen LogP contribution is 2.38. The Morgan fingerprint density at radius 1 is 0.862 bits per heavy atom. The summed E-state index contributed by atoms with van der Waals surface area (Å²) in [6, 6.07) is 18.5. The maximum Gasteiger partial charge on any atom is 0.335 e. The van der Waals surface area contributed by atoms with Crippen LogP contribution in [0.4, 0.5) is 0 Å². The number of phenols is 1. The number of ether oxygens (including phenoxy) is 1. The van der Waals surface area contributed by atoms with E-state index in [0.717, 1.165) is 38.9 Å². The van der Waals surface area contributed by atoms with E-state index in [1.54, 1.807) is 0 Å². The molecule has 3 heteroatoms. The molecule has 0 saturated carbocycles. The largest absolute Gasteiger partial charge is 0.507 e. The van der Waals surface area contributed by atoms with Crippen molar-refractivity contribution in [2.75, 3.05) is 0 Å². The minimum Gasteiger partial charge on any atom is -0.507 e. The summed E-state index contributed by atoms with van der Waals surface area (Å²) >= 11 is 0. The van der Waals surface area contributed by atoms with Gasteiger partial charge in [-0.05, 0) is 66.6 Å². The first-order valence-electron chi connectivity index (χ1n) is 9.62. The standard InChI is InChI=1S/C26H26O3/c1-6-23(27)29-26-18(4)14-22(15-19(26)5)24(20-10-8-7-9-11-20)21-12-16(2)25(28)17(3)13-21/h6-15,24,28H,1H2,2-5H3. The number of carbonyl (C=O) groups excluding carboxylic acids is 1. The normalized spacial score (nSPS) is 11.7. The van der Waals surface area contributed by atoms with Crippen molar-refractivity contribution in [3.05, 3.63) is 106 Å². The number of phenolic OH excluding ortho intramolecular Hbond substituents is 1. The molecule has 0 aliphatic heterocycles. The summed E-state index contributed by atoms with van der Waals surface area (Å²) in [7, 11) is 0. The number of aryl methyl sites for hydroxylation is 4. The van der Waals surface area contributed by atoms with E-state index in [9.17, 15) is 9.90 Å². The highest BCUT2D eigenvalue weighted by Gasteiger charge is 2.21. The monoisotopic (exact) mass is 386 g/mol. The van der Waals surface area contributed by atoms with Gasteiger partial charge < -0.3 is 9.84 Å². The summed E-state index contributed by atoms with van der Waals surface area (Å²) in [6.07, 6.45) is 1.17. The average molecular weight is 386 g/mol. The molecular formula is C26H26O3. The van der Waals surface area contributed by atoms with Crippen LogP contribution < -0.4 is 4.74 Å². The predicted molar refractivity (Wildman–Crippen MR) is 117 cm³/mol. The van der Waals surface area contributed by atoms with E-state index >= 15 is 0 Å². The number of esters is 1. The van der Waals surface area contributed by atoms with Gasteiger partial charge in [-0.2, -0.15) is 0 Å². The quantitative estimate of drug-likeness (QED) is 0.257. The molecule has 3 aromatic carbocycles. The number of carbonyl (C=O) groups is 1. The van der Waals surface area contributed by atoms with Gasteiger partial charge in [0.1, 0.15) is 11.5 Å². The van der Waals surface area contributed by atoms with Crippen molar-refractivity contribution in [2.24, 2.45) is 0 Å². The number of rotatable bonds is 5. The van der Waals surface area contributed by atoms with Crippen LogP contribution in [0.3, 0.4) is 0 Å². The lowest BCUT2D eigenvalue weighted by molar-refractivity contribution is -0.129. The van der Waals surface area contributed by atoms with Crippen LogP contribution in [0, 0.1) is 27.7 Å². The fraction of sp³-hybridized carbons (Fsp3) is 0.192. The Hall–Kier alpha value is -3.33. The molecule has 0 amide bonds. The summed E-state index contributed by atoms with van der Waals surface area (Å²) in [4.78, 5) is 11.7. The maximum atomic E-state index is 11.7. The van der Waals surface area contributed by atoms with Gasteiger partial charge >= 0.3 is 5.97 Å². The van der Waals surface area contributed by atoms with Gasteiger partial charge in [0.15, 0.2) is 0 Å². The fourth-order valence-corrected chi connectivity index (χ4v) is 3.83. The molecule has 0 radical (unpaired) electrons. The molecule has 0 heterocycles. The van der Waals surface area contributed by atoms with Crippen LogP contribution in [0.5, 0.6) is 11.5 Å². The molecule has 148 valence electrons. The van der Waals surface area contributed by atoms with Gasteiger partial charge in [-0.1, -0.05) is 61.2 Å². The third kappa shape index (κ3) is 4.24. The van der Waals surface area contributed by atoms with Crippen LogP contribution in [0.25, 0.3) is 0 Å². The zero-order valence-electron chi connectivity index (χ0n) is 17.3. The Labute approximate surface area is 172 Å². The van der Waals surface area contributed by atoms with E-state index < -0.39 is 5.97 Å². The van der Waals surface area contributed by atoms with E-state index in [0.29, 0.717) is 11.5 Å². The first-order valence-corrected chi connectivity index (χ1v) is 9.62. The second-order valence-electron chi connectivity index (χ2n) is 7.46. The molecular weight excluding hydrogens is 360 g/mol. The molecule has 29 heavy (non-hydrogen) atoms. The summed E-state index contributed by atoms with van der Waals surface area (Å²) in [5.41, 5.74) is 6.86. The van der Waals surface area contributed by atoms with E-state index in [4.69, 9.17) is 4.74 Å². The molecule has 3 aromatic rings. The first-order chi connectivity index (χ1) is 13.8. The molecule has 1 unspecified atom stereocenters. The van der Waals surface area contributed by atoms with Crippen LogP contribution in [0.2, 0.25) is 0 Å². The Morgan fingerprint density at radius 3 is 1.83 bits per heavy atom. The third-order valence-corrected chi connectivity index (χ3v) is 5.16. The molecule has 0 aromatic heterocycles. The number of hydrogen-bond donors (Lipinski definition) is 1. The van der Waals surface area contributed by atoms with Gasteiger partial charge in [0.2, 0.25) is 0 Å². The summed E-state index contributed by atoms with van der Waals surface area (Å²) < 4.78 is 5.44. The second kappa shape index (κ2) is 8.36. The minimum absolute atomic E-state index is 0.00393. The van der Waals surface area contributed by atoms with Crippen molar-refractivity contribution in [2.45, 2.75) is 33.6 Å². The maximum absolute atomic E-state index is 11.7. The SMILES string of the molecule is C=CC(=O)Oc1c(C)cc(C(c2ccccc2)c2cc(C)c(O)c(C)c2)cc1C.